The lowest BCUT2D eigenvalue weighted by Crippen LogP contribution is -2.38. The summed E-state index contributed by atoms with van der Waals surface area (Å²) in [7, 11) is -1.04. The minimum Gasteiger partial charge on any atom is -0.353 e. The fourth-order valence-electron chi connectivity index (χ4n) is 3.10. The topological polar surface area (TPSA) is 61.4 Å². The van der Waals surface area contributed by atoms with Gasteiger partial charge in [0.2, 0.25) is 0 Å². The molecule has 0 saturated carbocycles. The molecule has 0 aromatic heterocycles. The van der Waals surface area contributed by atoms with Gasteiger partial charge in [-0.15, -0.1) is 0 Å². The number of benzene rings is 2. The van der Waals surface area contributed by atoms with Gasteiger partial charge in [0.1, 0.15) is 0 Å². The van der Waals surface area contributed by atoms with Crippen LogP contribution in [0.1, 0.15) is 25.0 Å². The van der Waals surface area contributed by atoms with Crippen molar-refractivity contribution in [1.29, 1.82) is 0 Å². The van der Waals surface area contributed by atoms with Gasteiger partial charge in [-0.25, -0.2) is 0 Å². The summed E-state index contributed by atoms with van der Waals surface area (Å²) in [6.45, 7) is 6.37. The second-order valence-corrected chi connectivity index (χ2v) is 8.04. The number of carbonyl (C=O) groups excluding carboxylic acids is 1. The monoisotopic (exact) mass is 395 g/mol. The van der Waals surface area contributed by atoms with E-state index in [9.17, 15) is 9.00 Å². The zero-order chi connectivity index (χ0) is 20.3. The van der Waals surface area contributed by atoms with E-state index in [0.717, 1.165) is 39.6 Å². The molecule has 28 heavy (non-hydrogen) atoms. The number of nitrogens with zero attached hydrogens (tertiary/aromatic N) is 1. The Bertz CT molecular complexity index is 978. The standard InChI is InChI=1S/C22H25N3O2S/c1-5-25-14-20(23-19-9-7-6-8-15(19)2)21(16(3)26)22(24-25)17-10-12-18(13-11-17)28(4)27/h6-14,23-24H,5H2,1-4H3. The first-order chi connectivity index (χ1) is 13.4. The third-order valence-electron chi connectivity index (χ3n) is 4.64. The van der Waals surface area contributed by atoms with E-state index in [4.69, 9.17) is 0 Å². The van der Waals surface area contributed by atoms with Gasteiger partial charge in [-0.3, -0.25) is 19.4 Å². The number of anilines is 1. The fourth-order valence-corrected chi connectivity index (χ4v) is 3.62. The lowest BCUT2D eigenvalue weighted by atomic mass is 9.99. The van der Waals surface area contributed by atoms with E-state index in [2.05, 4.69) is 10.7 Å². The summed E-state index contributed by atoms with van der Waals surface area (Å²) in [6.07, 6.45) is 3.57. The molecule has 0 spiro atoms. The molecule has 146 valence electrons. The maximum Gasteiger partial charge on any atom is 0.164 e. The Hall–Kier alpha value is -2.86. The second-order valence-electron chi connectivity index (χ2n) is 6.67. The Morgan fingerprint density at radius 1 is 1.14 bits per heavy atom. The molecule has 1 atom stereocenters. The molecule has 5 nitrogen and oxygen atoms in total. The number of ketones is 1. The minimum absolute atomic E-state index is 0.0336. The van der Waals surface area contributed by atoms with Crippen LogP contribution in [0, 0.1) is 6.92 Å². The molecular formula is C22H25N3O2S. The summed E-state index contributed by atoms with van der Waals surface area (Å²) in [4.78, 5) is 13.3. The quantitative estimate of drug-likeness (QED) is 0.778. The number of carbonyl (C=O) groups is 1. The van der Waals surface area contributed by atoms with E-state index in [1.807, 2.05) is 73.6 Å². The summed E-state index contributed by atoms with van der Waals surface area (Å²) >= 11 is 0. The molecule has 1 aliphatic rings. The summed E-state index contributed by atoms with van der Waals surface area (Å²) < 4.78 is 11.7. The second kappa shape index (κ2) is 8.44. The SMILES string of the molecule is CCN1C=C(Nc2ccccc2C)C(C(C)=O)=C(c2ccc(S(C)=O)cc2)N1. The molecule has 1 heterocycles. The predicted molar refractivity (Wildman–Crippen MR) is 115 cm³/mol. The zero-order valence-corrected chi connectivity index (χ0v) is 17.4. The molecule has 1 aliphatic heterocycles. The van der Waals surface area contributed by atoms with Gasteiger partial charge in [0.05, 0.1) is 17.0 Å². The van der Waals surface area contributed by atoms with Crippen molar-refractivity contribution in [2.75, 3.05) is 18.1 Å². The maximum absolute atomic E-state index is 12.6. The third kappa shape index (κ3) is 4.17. The van der Waals surface area contributed by atoms with E-state index in [1.165, 1.54) is 0 Å². The van der Waals surface area contributed by atoms with E-state index >= 15 is 0 Å². The van der Waals surface area contributed by atoms with Crippen LogP contribution in [0.5, 0.6) is 0 Å². The normalized spacial score (nSPS) is 15.0. The fraction of sp³-hybridized carbons (Fsp3) is 0.227. The van der Waals surface area contributed by atoms with Crippen molar-refractivity contribution in [1.82, 2.24) is 10.4 Å². The number of Topliss-reactive ketones (excluding diaryl/α,β-unsaturated/α-hetero) is 1. The highest BCUT2D eigenvalue weighted by Gasteiger charge is 2.24. The Morgan fingerprint density at radius 3 is 2.39 bits per heavy atom. The van der Waals surface area contributed by atoms with E-state index < -0.39 is 10.8 Å². The van der Waals surface area contributed by atoms with Crippen LogP contribution in [0.4, 0.5) is 5.69 Å². The van der Waals surface area contributed by atoms with E-state index in [-0.39, 0.29) is 5.78 Å². The number of hydrogen-bond donors (Lipinski definition) is 2. The highest BCUT2D eigenvalue weighted by atomic mass is 32.2. The smallest absolute Gasteiger partial charge is 0.164 e. The molecule has 2 N–H and O–H groups in total. The average molecular weight is 396 g/mol. The van der Waals surface area contributed by atoms with Gasteiger partial charge in [0, 0.05) is 45.9 Å². The molecule has 0 fully saturated rings. The first-order valence-corrected chi connectivity index (χ1v) is 10.7. The molecule has 2 aromatic rings. The molecule has 1 unspecified atom stereocenters. The van der Waals surface area contributed by atoms with Crippen molar-refractivity contribution in [3.05, 3.63) is 77.1 Å². The van der Waals surface area contributed by atoms with Gasteiger partial charge in [0.25, 0.3) is 0 Å². The first-order valence-electron chi connectivity index (χ1n) is 9.18. The number of hydrogen-bond acceptors (Lipinski definition) is 5. The van der Waals surface area contributed by atoms with Gasteiger partial charge in [-0.05, 0) is 44.5 Å². The maximum atomic E-state index is 12.6. The predicted octanol–water partition coefficient (Wildman–Crippen LogP) is 3.83. The van der Waals surface area contributed by atoms with Gasteiger partial charge >= 0.3 is 0 Å². The Labute approximate surface area is 168 Å². The molecule has 0 amide bonds. The molecule has 0 aliphatic carbocycles. The van der Waals surface area contributed by atoms with Gasteiger partial charge in [0.15, 0.2) is 5.78 Å². The average Bonchev–Trinajstić information content (AvgIpc) is 2.69. The minimum atomic E-state index is -1.04. The van der Waals surface area contributed by atoms with Crippen LogP contribution in [0.15, 0.2) is 70.9 Å². The van der Waals surface area contributed by atoms with Gasteiger partial charge in [-0.2, -0.15) is 0 Å². The molecule has 3 rings (SSSR count). The van der Waals surface area contributed by atoms with Gasteiger partial charge in [-0.1, -0.05) is 30.3 Å². The van der Waals surface area contributed by atoms with Gasteiger partial charge < -0.3 is 5.32 Å². The number of hydrazine groups is 1. The van der Waals surface area contributed by atoms with Crippen molar-refractivity contribution in [2.24, 2.45) is 0 Å². The van der Waals surface area contributed by atoms with Crippen LogP contribution in [-0.4, -0.2) is 27.8 Å². The van der Waals surface area contributed by atoms with Crippen molar-refractivity contribution in [3.63, 3.8) is 0 Å². The molecule has 0 radical (unpaired) electrons. The highest BCUT2D eigenvalue weighted by Crippen LogP contribution is 2.29. The lowest BCUT2D eigenvalue weighted by Gasteiger charge is -2.32. The summed E-state index contributed by atoms with van der Waals surface area (Å²) in [6, 6.07) is 15.4. The molecule has 2 aromatic carbocycles. The number of para-hydroxylation sites is 1. The van der Waals surface area contributed by atoms with E-state index in [0.29, 0.717) is 5.57 Å². The van der Waals surface area contributed by atoms with E-state index in [1.54, 1.807) is 13.2 Å². The Kier molecular flexibility index (Phi) is 5.99. The highest BCUT2D eigenvalue weighted by molar-refractivity contribution is 7.84. The van der Waals surface area contributed by atoms with Crippen molar-refractivity contribution in [3.8, 4) is 0 Å². The van der Waals surface area contributed by atoms with Crippen molar-refractivity contribution >= 4 is 28.0 Å². The number of nitrogens with one attached hydrogen (secondary N) is 2. The van der Waals surface area contributed by atoms with Crippen LogP contribution in [0.25, 0.3) is 5.70 Å². The van der Waals surface area contributed by atoms with Crippen LogP contribution in [0.3, 0.4) is 0 Å². The number of aryl methyl sites for hydroxylation is 1. The largest absolute Gasteiger partial charge is 0.353 e. The van der Waals surface area contributed by atoms with Crippen molar-refractivity contribution < 1.29 is 9.00 Å². The lowest BCUT2D eigenvalue weighted by molar-refractivity contribution is -0.113. The number of rotatable bonds is 6. The van der Waals surface area contributed by atoms with Crippen LogP contribution >= 0.6 is 0 Å². The summed E-state index contributed by atoms with van der Waals surface area (Å²) in [5.41, 5.74) is 8.34. The van der Waals surface area contributed by atoms with Crippen molar-refractivity contribution in [2.45, 2.75) is 25.7 Å². The zero-order valence-electron chi connectivity index (χ0n) is 16.6. The Morgan fingerprint density at radius 2 is 1.82 bits per heavy atom. The van der Waals surface area contributed by atoms with Crippen LogP contribution in [-0.2, 0) is 15.6 Å². The molecule has 0 bridgehead atoms. The van der Waals surface area contributed by atoms with Crippen LogP contribution in [0.2, 0.25) is 0 Å². The molecule has 0 saturated heterocycles. The van der Waals surface area contributed by atoms with Crippen LogP contribution < -0.4 is 10.7 Å². The third-order valence-corrected chi connectivity index (χ3v) is 5.58. The Balaban J connectivity index is 2.08. The number of allylic oxidation sites excluding steroid dienone is 1. The summed E-state index contributed by atoms with van der Waals surface area (Å²) in [5, 5.41) is 5.37. The molecule has 6 heteroatoms. The summed E-state index contributed by atoms with van der Waals surface area (Å²) in [5.74, 6) is -0.0336. The first kappa shape index (κ1) is 19.9. The molecular weight excluding hydrogens is 370 g/mol.